The number of anilines is 1. The largest absolute Gasteiger partial charge is 0.361 e. The van der Waals surface area contributed by atoms with Crippen LogP contribution in [0.25, 0.3) is 0 Å². The minimum atomic E-state index is 0.246. The average Bonchev–Trinajstić information content (AvgIpc) is 2.72. The SMILES string of the molecule is O=Cc1sc(NCCc2ccccc2Cl)nc1Cl. The molecule has 2 rings (SSSR count). The second-order valence-electron chi connectivity index (χ2n) is 3.56. The smallest absolute Gasteiger partial charge is 0.184 e. The van der Waals surface area contributed by atoms with Crippen molar-refractivity contribution in [1.29, 1.82) is 0 Å². The standard InChI is InChI=1S/C12H10Cl2N2OS/c13-9-4-2-1-3-8(9)5-6-15-12-16-11(14)10(7-17)18-12/h1-4,7H,5-6H2,(H,15,16). The summed E-state index contributed by atoms with van der Waals surface area (Å²) in [5.41, 5.74) is 1.07. The van der Waals surface area contributed by atoms with Crippen LogP contribution >= 0.6 is 34.5 Å². The van der Waals surface area contributed by atoms with Crippen LogP contribution in [0.2, 0.25) is 10.2 Å². The molecular weight excluding hydrogens is 291 g/mol. The number of thiazole rings is 1. The maximum absolute atomic E-state index is 10.6. The Labute approximate surface area is 119 Å². The van der Waals surface area contributed by atoms with Gasteiger partial charge in [-0.05, 0) is 18.1 Å². The summed E-state index contributed by atoms with van der Waals surface area (Å²) in [6, 6.07) is 7.69. The fraction of sp³-hybridized carbons (Fsp3) is 0.167. The van der Waals surface area contributed by atoms with E-state index in [0.717, 1.165) is 17.0 Å². The maximum Gasteiger partial charge on any atom is 0.184 e. The Kier molecular flexibility index (Phi) is 4.58. The first kappa shape index (κ1) is 13.3. The van der Waals surface area contributed by atoms with Crippen LogP contribution in [0, 0.1) is 0 Å². The van der Waals surface area contributed by atoms with Gasteiger partial charge in [-0.25, -0.2) is 4.98 Å². The molecule has 0 saturated carbocycles. The Morgan fingerprint density at radius 3 is 2.78 bits per heavy atom. The van der Waals surface area contributed by atoms with E-state index in [-0.39, 0.29) is 5.15 Å². The van der Waals surface area contributed by atoms with E-state index in [0.29, 0.717) is 22.8 Å². The van der Waals surface area contributed by atoms with Gasteiger partial charge >= 0.3 is 0 Å². The molecule has 1 aromatic heterocycles. The molecule has 0 radical (unpaired) electrons. The van der Waals surface area contributed by atoms with Gasteiger partial charge in [-0.3, -0.25) is 4.79 Å². The van der Waals surface area contributed by atoms with Crippen LogP contribution < -0.4 is 5.32 Å². The number of nitrogens with one attached hydrogen (secondary N) is 1. The van der Waals surface area contributed by atoms with Crippen molar-refractivity contribution in [3.63, 3.8) is 0 Å². The summed E-state index contributed by atoms with van der Waals surface area (Å²) in [6.45, 7) is 0.686. The predicted molar refractivity (Wildman–Crippen MR) is 76.2 cm³/mol. The van der Waals surface area contributed by atoms with E-state index in [2.05, 4.69) is 10.3 Å². The number of benzene rings is 1. The van der Waals surface area contributed by atoms with Crippen molar-refractivity contribution >= 4 is 46.0 Å². The van der Waals surface area contributed by atoms with Crippen molar-refractivity contribution in [3.8, 4) is 0 Å². The Morgan fingerprint density at radius 1 is 1.33 bits per heavy atom. The van der Waals surface area contributed by atoms with Gasteiger partial charge in [0.05, 0.1) is 0 Å². The molecule has 1 aromatic carbocycles. The molecule has 1 N–H and O–H groups in total. The first-order valence-electron chi connectivity index (χ1n) is 5.29. The van der Waals surface area contributed by atoms with E-state index in [1.54, 1.807) is 0 Å². The number of carbonyl (C=O) groups is 1. The molecule has 0 atom stereocenters. The molecule has 0 unspecified atom stereocenters. The number of hydrogen-bond acceptors (Lipinski definition) is 4. The van der Waals surface area contributed by atoms with Crippen LogP contribution in [0.5, 0.6) is 0 Å². The van der Waals surface area contributed by atoms with Gasteiger partial charge in [0.15, 0.2) is 16.6 Å². The Hall–Kier alpha value is -1.10. The molecule has 18 heavy (non-hydrogen) atoms. The summed E-state index contributed by atoms with van der Waals surface area (Å²) in [6.07, 6.45) is 1.49. The van der Waals surface area contributed by atoms with E-state index in [1.807, 2.05) is 24.3 Å². The zero-order chi connectivity index (χ0) is 13.0. The Morgan fingerprint density at radius 2 is 2.11 bits per heavy atom. The lowest BCUT2D eigenvalue weighted by Crippen LogP contribution is -2.04. The molecule has 0 aliphatic rings. The minimum absolute atomic E-state index is 0.246. The quantitative estimate of drug-likeness (QED) is 0.851. The molecule has 0 aliphatic carbocycles. The fourth-order valence-corrected chi connectivity index (χ4v) is 2.69. The number of halogens is 2. The molecule has 0 saturated heterocycles. The first-order chi connectivity index (χ1) is 8.70. The summed E-state index contributed by atoms with van der Waals surface area (Å²) in [4.78, 5) is 15.1. The lowest BCUT2D eigenvalue weighted by atomic mass is 10.1. The van der Waals surface area contributed by atoms with Crippen molar-refractivity contribution in [3.05, 3.63) is 44.9 Å². The number of nitrogens with zero attached hydrogens (tertiary/aromatic N) is 1. The third-order valence-corrected chi connectivity index (χ3v) is 4.05. The third kappa shape index (κ3) is 3.22. The van der Waals surface area contributed by atoms with Crippen molar-refractivity contribution < 1.29 is 4.79 Å². The van der Waals surface area contributed by atoms with Crippen LogP contribution in [0.15, 0.2) is 24.3 Å². The topological polar surface area (TPSA) is 42.0 Å². The van der Waals surface area contributed by atoms with Gasteiger partial charge in [-0.1, -0.05) is 52.7 Å². The average molecular weight is 301 g/mol. The van der Waals surface area contributed by atoms with Gasteiger partial charge in [0.2, 0.25) is 0 Å². The van der Waals surface area contributed by atoms with Gasteiger partial charge in [-0.2, -0.15) is 0 Å². The number of rotatable bonds is 5. The van der Waals surface area contributed by atoms with Crippen molar-refractivity contribution in [2.75, 3.05) is 11.9 Å². The van der Waals surface area contributed by atoms with Crippen LogP contribution in [0.4, 0.5) is 5.13 Å². The van der Waals surface area contributed by atoms with E-state index >= 15 is 0 Å². The predicted octanol–water partition coefficient (Wildman–Crippen LogP) is 3.92. The van der Waals surface area contributed by atoms with Crippen LogP contribution in [-0.2, 0) is 6.42 Å². The molecule has 6 heteroatoms. The lowest BCUT2D eigenvalue weighted by molar-refractivity contribution is 0.112. The molecule has 1 heterocycles. The summed E-state index contributed by atoms with van der Waals surface area (Å²) < 4.78 is 0. The summed E-state index contributed by atoms with van der Waals surface area (Å²) in [5, 5.41) is 4.77. The van der Waals surface area contributed by atoms with Gasteiger partial charge in [-0.15, -0.1) is 0 Å². The summed E-state index contributed by atoms with van der Waals surface area (Å²) in [7, 11) is 0. The monoisotopic (exact) mass is 300 g/mol. The van der Waals surface area contributed by atoms with Gasteiger partial charge in [0.1, 0.15) is 4.88 Å². The molecular formula is C12H10Cl2N2OS. The normalized spacial score (nSPS) is 10.3. The fourth-order valence-electron chi connectivity index (χ4n) is 1.47. The number of aromatic nitrogens is 1. The van der Waals surface area contributed by atoms with Crippen molar-refractivity contribution in [2.45, 2.75) is 6.42 Å². The van der Waals surface area contributed by atoms with Crippen LogP contribution in [0.3, 0.4) is 0 Å². The zero-order valence-corrected chi connectivity index (χ0v) is 11.6. The lowest BCUT2D eigenvalue weighted by Gasteiger charge is -2.04. The highest BCUT2D eigenvalue weighted by Gasteiger charge is 2.07. The Balaban J connectivity index is 1.92. The highest BCUT2D eigenvalue weighted by atomic mass is 35.5. The number of carbonyl (C=O) groups excluding carboxylic acids is 1. The molecule has 0 bridgehead atoms. The minimum Gasteiger partial charge on any atom is -0.361 e. The maximum atomic E-state index is 10.6. The number of aldehydes is 1. The van der Waals surface area contributed by atoms with Gasteiger partial charge in [0, 0.05) is 11.6 Å². The molecule has 0 amide bonds. The zero-order valence-electron chi connectivity index (χ0n) is 9.32. The van der Waals surface area contributed by atoms with Gasteiger partial charge in [0.25, 0.3) is 0 Å². The molecule has 0 fully saturated rings. The third-order valence-electron chi connectivity index (χ3n) is 2.35. The molecule has 2 aromatic rings. The van der Waals surface area contributed by atoms with Crippen molar-refractivity contribution in [1.82, 2.24) is 4.98 Å². The van der Waals surface area contributed by atoms with E-state index in [1.165, 1.54) is 11.3 Å². The van der Waals surface area contributed by atoms with Crippen molar-refractivity contribution in [2.24, 2.45) is 0 Å². The molecule has 0 aliphatic heterocycles. The summed E-state index contributed by atoms with van der Waals surface area (Å²) in [5.74, 6) is 0. The Bertz CT molecular complexity index is 557. The van der Waals surface area contributed by atoms with E-state index in [4.69, 9.17) is 23.2 Å². The molecule has 0 spiro atoms. The summed E-state index contributed by atoms with van der Waals surface area (Å²) >= 11 is 13.1. The van der Waals surface area contributed by atoms with Crippen LogP contribution in [0.1, 0.15) is 15.2 Å². The van der Waals surface area contributed by atoms with Crippen LogP contribution in [-0.4, -0.2) is 17.8 Å². The van der Waals surface area contributed by atoms with E-state index in [9.17, 15) is 4.79 Å². The molecule has 94 valence electrons. The first-order valence-corrected chi connectivity index (χ1v) is 6.86. The highest BCUT2D eigenvalue weighted by Crippen LogP contribution is 2.25. The highest BCUT2D eigenvalue weighted by molar-refractivity contribution is 7.17. The second kappa shape index (κ2) is 6.18. The van der Waals surface area contributed by atoms with E-state index < -0.39 is 0 Å². The second-order valence-corrected chi connectivity index (χ2v) is 5.36. The van der Waals surface area contributed by atoms with Gasteiger partial charge < -0.3 is 5.32 Å². The molecule has 3 nitrogen and oxygen atoms in total. The number of hydrogen-bond donors (Lipinski definition) is 1.